The van der Waals surface area contributed by atoms with Gasteiger partial charge in [-0.05, 0) is 6.42 Å². The van der Waals surface area contributed by atoms with Crippen molar-refractivity contribution < 1.29 is 8.42 Å². The van der Waals surface area contributed by atoms with Crippen LogP contribution < -0.4 is 0 Å². The summed E-state index contributed by atoms with van der Waals surface area (Å²) in [5, 5.41) is 7.27. The fraction of sp³-hybridized carbons (Fsp3) is 1.00. The maximum absolute atomic E-state index is 10.2. The quantitative estimate of drug-likeness (QED) is 0.496. The van der Waals surface area contributed by atoms with E-state index in [1.807, 2.05) is 6.92 Å². The molecule has 0 aliphatic rings. The van der Waals surface area contributed by atoms with E-state index in [1.165, 1.54) is 0 Å². The molecule has 0 radical (unpaired) electrons. The summed E-state index contributed by atoms with van der Waals surface area (Å²) in [4.78, 5) is 2.73. The second kappa shape index (κ2) is 5.18. The van der Waals surface area contributed by atoms with Crippen LogP contribution in [0.2, 0.25) is 0 Å². The zero-order valence-electron chi connectivity index (χ0n) is 5.86. The Morgan fingerprint density at radius 3 is 2.50 bits per heavy atom. The van der Waals surface area contributed by atoms with Crippen molar-refractivity contribution in [2.75, 3.05) is 0 Å². The number of rotatable bonds is 4. The average molecular weight is 163 g/mol. The molecule has 5 heteroatoms. The van der Waals surface area contributed by atoms with Gasteiger partial charge in [-0.25, -0.2) is 8.42 Å². The smallest absolute Gasteiger partial charge is 0.224 e. The van der Waals surface area contributed by atoms with Gasteiger partial charge in [-0.2, -0.15) is 0 Å². The molecule has 1 atom stereocenters. The predicted octanol–water partition coefficient (Wildman–Crippen LogP) is 0.967. The van der Waals surface area contributed by atoms with E-state index >= 15 is 0 Å². The SMILES string of the molecule is CCCCC([N+]#N)[SH](=O)=O. The molecule has 0 spiro atoms. The molecule has 0 aromatic heterocycles. The first-order valence-corrected chi connectivity index (χ1v) is 4.44. The fourth-order valence-corrected chi connectivity index (χ4v) is 1.07. The third kappa shape index (κ3) is 3.41. The molecule has 0 saturated carbocycles. The summed E-state index contributed by atoms with van der Waals surface area (Å²) in [6.07, 6.45) is 2.11. The minimum absolute atomic E-state index is 0.422. The molecule has 4 nitrogen and oxygen atoms in total. The van der Waals surface area contributed by atoms with Gasteiger partial charge in [0.25, 0.3) is 0 Å². The summed E-state index contributed by atoms with van der Waals surface area (Å²) in [5.41, 5.74) is 0. The van der Waals surface area contributed by atoms with Gasteiger partial charge in [0.05, 0.1) is 0 Å². The van der Waals surface area contributed by atoms with Gasteiger partial charge < -0.3 is 0 Å². The van der Waals surface area contributed by atoms with Gasteiger partial charge in [0.1, 0.15) is 4.98 Å². The van der Waals surface area contributed by atoms with Crippen molar-refractivity contribution in [3.8, 4) is 0 Å². The van der Waals surface area contributed by atoms with Crippen LogP contribution in [-0.4, -0.2) is 13.8 Å². The highest BCUT2D eigenvalue weighted by molar-refractivity contribution is 7.73. The van der Waals surface area contributed by atoms with Crippen LogP contribution in [-0.2, 0) is 10.7 Å². The molecule has 10 heavy (non-hydrogen) atoms. The highest BCUT2D eigenvalue weighted by Gasteiger charge is 2.21. The topological polar surface area (TPSA) is 62.3 Å². The first-order valence-electron chi connectivity index (χ1n) is 3.20. The van der Waals surface area contributed by atoms with Gasteiger partial charge in [-0.15, -0.1) is 0 Å². The van der Waals surface area contributed by atoms with E-state index in [1.54, 1.807) is 0 Å². The molecule has 0 heterocycles. The van der Waals surface area contributed by atoms with Crippen molar-refractivity contribution in [2.24, 2.45) is 0 Å². The lowest BCUT2D eigenvalue weighted by Crippen LogP contribution is -2.02. The molecule has 0 N–H and O–H groups in total. The van der Waals surface area contributed by atoms with Crippen LogP contribution >= 0.6 is 0 Å². The van der Waals surface area contributed by atoms with E-state index < -0.39 is 16.1 Å². The standard InChI is InChI=1S/C5H11N2O2S/c1-2-3-4-5(7-6)10(8)9/h5,10H,2-4H2,1H3/q+1. The molecule has 1 unspecified atom stereocenters. The normalized spacial score (nSPS) is 12.9. The van der Waals surface area contributed by atoms with Crippen molar-refractivity contribution in [1.82, 2.24) is 0 Å². The number of unbranched alkanes of at least 4 members (excludes halogenated alkanes) is 1. The Balaban J connectivity index is 3.76. The molecule has 0 saturated heterocycles. The Kier molecular flexibility index (Phi) is 4.85. The summed E-state index contributed by atoms with van der Waals surface area (Å²) >= 11 is 0. The zero-order chi connectivity index (χ0) is 7.98. The van der Waals surface area contributed by atoms with Crippen molar-refractivity contribution >= 4 is 10.7 Å². The van der Waals surface area contributed by atoms with Crippen molar-refractivity contribution in [1.29, 1.82) is 5.39 Å². The molecule has 0 fully saturated rings. The maximum Gasteiger partial charge on any atom is 0.407 e. The van der Waals surface area contributed by atoms with Gasteiger partial charge in [0.2, 0.25) is 16.1 Å². The Morgan fingerprint density at radius 2 is 2.20 bits per heavy atom. The van der Waals surface area contributed by atoms with Gasteiger partial charge in [-0.1, -0.05) is 13.3 Å². The van der Waals surface area contributed by atoms with Crippen LogP contribution in [0.1, 0.15) is 26.2 Å². The van der Waals surface area contributed by atoms with Crippen molar-refractivity contribution in [3.63, 3.8) is 0 Å². The molecule has 0 amide bonds. The number of diazo groups is 1. The van der Waals surface area contributed by atoms with Crippen LogP contribution in [0.4, 0.5) is 0 Å². The summed E-state index contributed by atoms with van der Waals surface area (Å²) in [6.45, 7) is 1.95. The van der Waals surface area contributed by atoms with E-state index in [-0.39, 0.29) is 0 Å². The number of nitrogens with zero attached hydrogens (tertiary/aromatic N) is 2. The van der Waals surface area contributed by atoms with E-state index in [4.69, 9.17) is 5.39 Å². The lowest BCUT2D eigenvalue weighted by molar-refractivity contribution is 0.597. The molecule has 0 aromatic carbocycles. The van der Waals surface area contributed by atoms with Crippen LogP contribution in [0.15, 0.2) is 0 Å². The van der Waals surface area contributed by atoms with Crippen molar-refractivity contribution in [2.45, 2.75) is 31.6 Å². The molecule has 0 aliphatic carbocycles. The Bertz CT molecular complexity index is 186. The highest BCUT2D eigenvalue weighted by atomic mass is 32.2. The van der Waals surface area contributed by atoms with Crippen LogP contribution in [0.5, 0.6) is 0 Å². The third-order valence-electron chi connectivity index (χ3n) is 1.19. The predicted molar refractivity (Wildman–Crippen MR) is 38.7 cm³/mol. The molecule has 0 aromatic rings. The lowest BCUT2D eigenvalue weighted by atomic mass is 10.2. The van der Waals surface area contributed by atoms with Gasteiger partial charge in [0, 0.05) is 6.42 Å². The Hall–Kier alpha value is -0.630. The number of thiol groups is 1. The summed E-state index contributed by atoms with van der Waals surface area (Å²) in [6, 6.07) is 0. The number of hydrogen-bond donors (Lipinski definition) is 1. The minimum atomic E-state index is -2.59. The van der Waals surface area contributed by atoms with Crippen LogP contribution in [0.25, 0.3) is 4.98 Å². The van der Waals surface area contributed by atoms with Crippen molar-refractivity contribution in [3.05, 3.63) is 4.98 Å². The maximum atomic E-state index is 10.2. The number of hydrogen-bond acceptors (Lipinski definition) is 3. The zero-order valence-corrected chi connectivity index (χ0v) is 6.75. The van der Waals surface area contributed by atoms with Crippen LogP contribution in [0.3, 0.4) is 0 Å². The van der Waals surface area contributed by atoms with E-state index in [0.717, 1.165) is 12.8 Å². The largest absolute Gasteiger partial charge is 0.407 e. The highest BCUT2D eigenvalue weighted by Crippen LogP contribution is 2.04. The van der Waals surface area contributed by atoms with Crippen LogP contribution in [0, 0.1) is 5.39 Å². The second-order valence-corrected chi connectivity index (χ2v) is 3.19. The summed E-state index contributed by atoms with van der Waals surface area (Å²) in [5.74, 6) is 0. The van der Waals surface area contributed by atoms with Gasteiger partial charge >= 0.3 is 5.37 Å². The average Bonchev–Trinajstić information content (AvgIpc) is 1.89. The van der Waals surface area contributed by atoms with Gasteiger partial charge in [-0.3, -0.25) is 0 Å². The van der Waals surface area contributed by atoms with E-state index in [0.29, 0.717) is 6.42 Å². The Labute approximate surface area is 61.8 Å². The monoisotopic (exact) mass is 163 g/mol. The first kappa shape index (κ1) is 9.37. The minimum Gasteiger partial charge on any atom is -0.224 e. The third-order valence-corrected chi connectivity index (χ3v) is 2.04. The fourth-order valence-electron chi connectivity index (χ4n) is 0.592. The second-order valence-electron chi connectivity index (χ2n) is 2.02. The molecule has 58 valence electrons. The first-order chi connectivity index (χ1) is 4.72. The lowest BCUT2D eigenvalue weighted by Gasteiger charge is -1.87. The molecular formula is C5H11N2O2S+. The Morgan fingerprint density at radius 1 is 1.60 bits per heavy atom. The summed E-state index contributed by atoms with van der Waals surface area (Å²) < 4.78 is 20.4. The molecular weight excluding hydrogens is 152 g/mol. The van der Waals surface area contributed by atoms with E-state index in [9.17, 15) is 8.42 Å². The van der Waals surface area contributed by atoms with E-state index in [2.05, 4.69) is 4.98 Å². The molecule has 0 rings (SSSR count). The van der Waals surface area contributed by atoms with Gasteiger partial charge in [0.15, 0.2) is 0 Å². The molecule has 0 bridgehead atoms. The molecule has 0 aliphatic heterocycles. The summed E-state index contributed by atoms with van der Waals surface area (Å²) in [7, 11) is -2.59.